The maximum Gasteiger partial charge on any atom is 0.408 e. The van der Waals surface area contributed by atoms with Crippen molar-refractivity contribution in [3.63, 3.8) is 0 Å². The minimum Gasteiger partial charge on any atom is -0.487 e. The number of carbonyl (C=O) groups is 2. The number of ether oxygens (including phenoxy) is 2. The van der Waals surface area contributed by atoms with Crippen LogP contribution in [-0.2, 0) is 38.8 Å². The van der Waals surface area contributed by atoms with E-state index >= 15 is 0 Å². The number of carboxylic acids is 1. The van der Waals surface area contributed by atoms with Gasteiger partial charge in [0.15, 0.2) is 0 Å². The van der Waals surface area contributed by atoms with Gasteiger partial charge in [0, 0.05) is 31.0 Å². The summed E-state index contributed by atoms with van der Waals surface area (Å²) in [4.78, 5) is 34.0. The molecule has 1 fully saturated rings. The van der Waals surface area contributed by atoms with Crippen LogP contribution in [0, 0.1) is 20.8 Å². The molecule has 9 rings (SSSR count). The Morgan fingerprint density at radius 2 is 1.32 bits per heavy atom. The first kappa shape index (κ1) is 41.2. The van der Waals surface area contributed by atoms with Crippen molar-refractivity contribution in [2.24, 2.45) is 4.99 Å². The normalized spacial score (nSPS) is 17.7. The fourth-order valence-electron chi connectivity index (χ4n) is 10.1. The highest BCUT2D eigenvalue weighted by Crippen LogP contribution is 2.46. The zero-order valence-electron chi connectivity index (χ0n) is 35.7. The molecule has 1 saturated heterocycles. The molecule has 5 aromatic rings. The van der Waals surface area contributed by atoms with Crippen LogP contribution in [0.5, 0.6) is 5.75 Å². The molecule has 0 atom stereocenters. The van der Waals surface area contributed by atoms with Gasteiger partial charge in [0.25, 0.3) is 10.0 Å². The SMILES string of the molecule is Cc1c(C)c(S(=O)(=O)N/C(=N\C2c3ccccc3CCc3ccccc32)N2CCC(NC(=O)OCC3c4ccccc4-c4ccccc43)(C(=O)O)CC2)c(C)c2c1OC(C)(C)C2. The first-order chi connectivity index (χ1) is 29.7. The van der Waals surface area contributed by atoms with Crippen molar-refractivity contribution in [2.75, 3.05) is 19.7 Å². The second-order valence-corrected chi connectivity index (χ2v) is 19.4. The summed E-state index contributed by atoms with van der Waals surface area (Å²) in [7, 11) is -4.27. The fourth-order valence-corrected chi connectivity index (χ4v) is 11.7. The molecule has 0 saturated carbocycles. The van der Waals surface area contributed by atoms with E-state index < -0.39 is 39.3 Å². The number of likely N-dealkylation sites (tertiary alicyclic amines) is 1. The number of fused-ring (bicyclic) bond motifs is 6. The highest BCUT2D eigenvalue weighted by atomic mass is 32.2. The Kier molecular flexibility index (Phi) is 10.4. The molecular formula is C50H52N4O7S. The van der Waals surface area contributed by atoms with E-state index in [-0.39, 0.29) is 49.3 Å². The number of benzene rings is 5. The van der Waals surface area contributed by atoms with Crippen LogP contribution in [-0.4, -0.2) is 67.3 Å². The number of nitrogens with zero attached hydrogens (tertiary/aromatic N) is 2. The molecule has 320 valence electrons. The number of hydrogen-bond acceptors (Lipinski definition) is 7. The zero-order chi connectivity index (χ0) is 43.6. The number of nitrogens with one attached hydrogen (secondary N) is 2. The van der Waals surface area contributed by atoms with Gasteiger partial charge in [-0.05, 0) is 121 Å². The number of rotatable bonds is 7. The predicted octanol–water partition coefficient (Wildman–Crippen LogP) is 8.31. The van der Waals surface area contributed by atoms with Crippen LogP contribution in [0.3, 0.4) is 0 Å². The summed E-state index contributed by atoms with van der Waals surface area (Å²) in [6.07, 6.45) is 1.28. The van der Waals surface area contributed by atoms with E-state index in [0.29, 0.717) is 17.5 Å². The molecule has 1 amide bonds. The van der Waals surface area contributed by atoms with Crippen LogP contribution in [0.15, 0.2) is 107 Å². The van der Waals surface area contributed by atoms with Crippen LogP contribution >= 0.6 is 0 Å². The number of aliphatic carboxylic acids is 1. The summed E-state index contributed by atoms with van der Waals surface area (Å²) in [5.74, 6) is -0.548. The number of piperidine rings is 1. The lowest BCUT2D eigenvalue weighted by Crippen LogP contribution is -2.62. The van der Waals surface area contributed by atoms with E-state index in [9.17, 15) is 23.1 Å². The molecule has 0 spiro atoms. The summed E-state index contributed by atoms with van der Waals surface area (Å²) < 4.78 is 44.9. The maximum absolute atomic E-state index is 14.9. The highest BCUT2D eigenvalue weighted by molar-refractivity contribution is 7.90. The average Bonchev–Trinajstić information content (AvgIpc) is 3.71. The van der Waals surface area contributed by atoms with Crippen molar-refractivity contribution < 1.29 is 32.6 Å². The molecule has 5 aromatic carbocycles. The van der Waals surface area contributed by atoms with Crippen LogP contribution in [0.2, 0.25) is 0 Å². The molecule has 0 radical (unpaired) electrons. The van der Waals surface area contributed by atoms with Crippen molar-refractivity contribution in [1.82, 2.24) is 14.9 Å². The zero-order valence-corrected chi connectivity index (χ0v) is 36.6. The number of alkyl carbamates (subject to hydrolysis) is 1. The van der Waals surface area contributed by atoms with Crippen molar-refractivity contribution >= 4 is 28.0 Å². The third-order valence-electron chi connectivity index (χ3n) is 13.4. The van der Waals surface area contributed by atoms with Crippen molar-refractivity contribution in [2.45, 2.75) is 94.7 Å². The molecule has 11 nitrogen and oxygen atoms in total. The smallest absolute Gasteiger partial charge is 0.408 e. The van der Waals surface area contributed by atoms with Crippen molar-refractivity contribution in [3.8, 4) is 16.9 Å². The van der Waals surface area contributed by atoms with Gasteiger partial charge in [-0.1, -0.05) is 97.1 Å². The second-order valence-electron chi connectivity index (χ2n) is 17.7. The Labute approximate surface area is 363 Å². The molecule has 12 heteroatoms. The van der Waals surface area contributed by atoms with Crippen LogP contribution < -0.4 is 14.8 Å². The minimum atomic E-state index is -4.27. The first-order valence-electron chi connectivity index (χ1n) is 21.4. The van der Waals surface area contributed by atoms with Gasteiger partial charge in [0.2, 0.25) is 5.96 Å². The quantitative estimate of drug-likeness (QED) is 0.110. The summed E-state index contributed by atoms with van der Waals surface area (Å²) in [5.41, 5.74) is 9.18. The first-order valence-corrected chi connectivity index (χ1v) is 22.8. The van der Waals surface area contributed by atoms with Crippen LogP contribution in [0.4, 0.5) is 4.79 Å². The molecule has 0 bridgehead atoms. The number of amides is 1. The summed E-state index contributed by atoms with van der Waals surface area (Å²) in [6, 6.07) is 31.7. The molecular weight excluding hydrogens is 801 g/mol. The number of aryl methyl sites for hydroxylation is 2. The monoisotopic (exact) mass is 852 g/mol. The summed E-state index contributed by atoms with van der Waals surface area (Å²) in [5, 5.41) is 13.4. The van der Waals surface area contributed by atoms with Crippen molar-refractivity contribution in [1.29, 1.82) is 0 Å². The van der Waals surface area contributed by atoms with Gasteiger partial charge in [0.1, 0.15) is 29.5 Å². The standard InChI is InChI=1S/C50H52N4O7S/c1-30-31(2)45(32(3)41-28-49(4,5)61-44(30)41)62(58,59)53-47(51-43-35-16-8-6-14-33(35)22-23-34-15-7-9-17-36(34)43)54-26-24-50(25-27-54,46(55)56)52-48(57)60-29-42-39-20-12-10-18-37(39)38-19-11-13-21-40(38)42/h6-21,42-43H,22-29H2,1-5H3,(H,51,53)(H,52,57)(H,55,56). The lowest BCUT2D eigenvalue weighted by atomic mass is 9.87. The van der Waals surface area contributed by atoms with Gasteiger partial charge in [-0.2, -0.15) is 0 Å². The predicted molar refractivity (Wildman–Crippen MR) is 238 cm³/mol. The lowest BCUT2D eigenvalue weighted by molar-refractivity contribution is -0.146. The number of carbonyl (C=O) groups excluding carboxylic acids is 1. The van der Waals surface area contributed by atoms with E-state index in [1.54, 1.807) is 11.8 Å². The van der Waals surface area contributed by atoms with Crippen LogP contribution in [0.25, 0.3) is 11.1 Å². The molecule has 0 unspecified atom stereocenters. The molecule has 2 heterocycles. The van der Waals surface area contributed by atoms with Gasteiger partial charge >= 0.3 is 12.1 Å². The van der Waals surface area contributed by atoms with Gasteiger partial charge in [-0.15, -0.1) is 0 Å². The van der Waals surface area contributed by atoms with Gasteiger partial charge in [-0.3, -0.25) is 0 Å². The molecule has 62 heavy (non-hydrogen) atoms. The van der Waals surface area contributed by atoms with E-state index in [0.717, 1.165) is 74.2 Å². The van der Waals surface area contributed by atoms with Gasteiger partial charge in [-0.25, -0.2) is 27.7 Å². The molecule has 3 N–H and O–H groups in total. The maximum atomic E-state index is 14.9. The van der Waals surface area contributed by atoms with Gasteiger partial charge in [0.05, 0.1) is 4.90 Å². The fraction of sp³-hybridized carbons (Fsp3) is 0.340. The third-order valence-corrected chi connectivity index (χ3v) is 15.0. The largest absolute Gasteiger partial charge is 0.487 e. The average molecular weight is 853 g/mol. The molecule has 0 aromatic heterocycles. The summed E-state index contributed by atoms with van der Waals surface area (Å²) >= 11 is 0. The molecule has 2 aliphatic carbocycles. The van der Waals surface area contributed by atoms with Crippen LogP contribution in [0.1, 0.15) is 94.3 Å². The second kappa shape index (κ2) is 15.6. The number of aliphatic imine (C=N–C) groups is 1. The lowest BCUT2D eigenvalue weighted by Gasteiger charge is -2.40. The third kappa shape index (κ3) is 7.27. The number of sulfonamides is 1. The van der Waals surface area contributed by atoms with Crippen molar-refractivity contribution in [3.05, 3.63) is 153 Å². The van der Waals surface area contributed by atoms with E-state index in [4.69, 9.17) is 14.5 Å². The number of carboxylic acid groups (broad SMARTS) is 1. The van der Waals surface area contributed by atoms with E-state index in [1.165, 1.54) is 0 Å². The van der Waals surface area contributed by atoms with E-state index in [2.05, 4.69) is 34.3 Å². The Morgan fingerprint density at radius 3 is 1.89 bits per heavy atom. The van der Waals surface area contributed by atoms with Gasteiger partial charge < -0.3 is 24.8 Å². The summed E-state index contributed by atoms with van der Waals surface area (Å²) in [6.45, 7) is 9.71. The molecule has 4 aliphatic rings. The minimum absolute atomic E-state index is 0.0342. The molecule has 2 aliphatic heterocycles. The highest BCUT2D eigenvalue weighted by Gasteiger charge is 2.45. The Morgan fingerprint density at radius 1 is 0.790 bits per heavy atom. The topological polar surface area (TPSA) is 147 Å². The Balaban J connectivity index is 1.03. The van der Waals surface area contributed by atoms with E-state index in [1.807, 2.05) is 100 Å². The number of guanidine groups is 1. The Hall–Kier alpha value is -6.14. The Bertz CT molecular complexity index is 2680. The number of hydrogen-bond donors (Lipinski definition) is 3.